The SMILES string of the molecule is Cc1ccc(CCCNC(=O)C(C)(C)c2ccc(NS(C)(=O)=O)cc2)cc1C. The van der Waals surface area contributed by atoms with Crippen LogP contribution in [-0.4, -0.2) is 27.1 Å². The Labute approximate surface area is 168 Å². The molecular formula is C22H30N2O3S. The van der Waals surface area contributed by atoms with Gasteiger partial charge in [-0.15, -0.1) is 0 Å². The molecule has 0 fully saturated rings. The van der Waals surface area contributed by atoms with E-state index in [4.69, 9.17) is 0 Å². The zero-order valence-electron chi connectivity index (χ0n) is 17.3. The standard InChI is InChI=1S/C22H30N2O3S/c1-16-8-9-18(15-17(16)2)7-6-14-23-21(25)22(3,4)19-10-12-20(13-11-19)24-28(5,26)27/h8-13,15,24H,6-7,14H2,1-5H3,(H,23,25). The van der Waals surface area contributed by atoms with Crippen molar-refractivity contribution in [2.45, 2.75) is 46.0 Å². The van der Waals surface area contributed by atoms with Gasteiger partial charge < -0.3 is 5.32 Å². The van der Waals surface area contributed by atoms with Gasteiger partial charge in [0.15, 0.2) is 0 Å². The summed E-state index contributed by atoms with van der Waals surface area (Å²) in [7, 11) is -3.31. The van der Waals surface area contributed by atoms with E-state index in [2.05, 4.69) is 42.1 Å². The summed E-state index contributed by atoms with van der Waals surface area (Å²) in [6.45, 7) is 8.56. The first-order valence-electron chi connectivity index (χ1n) is 9.42. The van der Waals surface area contributed by atoms with Crippen LogP contribution in [0.4, 0.5) is 5.69 Å². The topological polar surface area (TPSA) is 75.3 Å². The first kappa shape index (κ1) is 22.0. The minimum absolute atomic E-state index is 0.0450. The molecular weight excluding hydrogens is 372 g/mol. The summed E-state index contributed by atoms with van der Waals surface area (Å²) in [5, 5.41) is 3.02. The molecule has 2 N–H and O–H groups in total. The predicted molar refractivity (Wildman–Crippen MR) is 115 cm³/mol. The highest BCUT2D eigenvalue weighted by Crippen LogP contribution is 2.25. The van der Waals surface area contributed by atoms with Gasteiger partial charge in [0.05, 0.1) is 11.7 Å². The third kappa shape index (κ3) is 6.09. The maximum atomic E-state index is 12.7. The van der Waals surface area contributed by atoms with Crippen LogP contribution >= 0.6 is 0 Å². The number of sulfonamides is 1. The van der Waals surface area contributed by atoms with Gasteiger partial charge in [0, 0.05) is 12.2 Å². The number of anilines is 1. The Balaban J connectivity index is 1.90. The molecule has 0 aliphatic carbocycles. The lowest BCUT2D eigenvalue weighted by molar-refractivity contribution is -0.125. The van der Waals surface area contributed by atoms with Crippen molar-refractivity contribution in [3.05, 3.63) is 64.7 Å². The highest BCUT2D eigenvalue weighted by Gasteiger charge is 2.29. The molecule has 0 bridgehead atoms. The smallest absolute Gasteiger partial charge is 0.230 e. The largest absolute Gasteiger partial charge is 0.355 e. The highest BCUT2D eigenvalue weighted by atomic mass is 32.2. The molecule has 152 valence electrons. The maximum absolute atomic E-state index is 12.7. The number of benzene rings is 2. The number of rotatable bonds is 8. The molecule has 0 saturated carbocycles. The van der Waals surface area contributed by atoms with Gasteiger partial charge in [0.25, 0.3) is 0 Å². The van der Waals surface area contributed by atoms with Crippen molar-refractivity contribution in [2.24, 2.45) is 0 Å². The summed E-state index contributed by atoms with van der Waals surface area (Å²) in [5.74, 6) is -0.0450. The molecule has 0 radical (unpaired) electrons. The van der Waals surface area contributed by atoms with E-state index in [1.165, 1.54) is 16.7 Å². The van der Waals surface area contributed by atoms with E-state index >= 15 is 0 Å². The van der Waals surface area contributed by atoms with Crippen LogP contribution in [0.3, 0.4) is 0 Å². The number of nitrogens with one attached hydrogen (secondary N) is 2. The van der Waals surface area contributed by atoms with Crippen molar-refractivity contribution in [3.8, 4) is 0 Å². The molecule has 0 aromatic heterocycles. The minimum Gasteiger partial charge on any atom is -0.355 e. The van der Waals surface area contributed by atoms with Crippen LogP contribution in [0.25, 0.3) is 0 Å². The van der Waals surface area contributed by atoms with Crippen molar-refractivity contribution < 1.29 is 13.2 Å². The lowest BCUT2D eigenvalue weighted by Gasteiger charge is -2.24. The van der Waals surface area contributed by atoms with E-state index < -0.39 is 15.4 Å². The molecule has 0 aliphatic heterocycles. The van der Waals surface area contributed by atoms with E-state index in [-0.39, 0.29) is 5.91 Å². The molecule has 0 aliphatic rings. The zero-order valence-corrected chi connectivity index (χ0v) is 18.1. The fraction of sp³-hybridized carbons (Fsp3) is 0.409. The molecule has 0 saturated heterocycles. The second kappa shape index (κ2) is 8.78. The molecule has 0 atom stereocenters. The zero-order chi connectivity index (χ0) is 20.9. The number of amides is 1. The van der Waals surface area contributed by atoms with E-state index in [1.54, 1.807) is 24.3 Å². The van der Waals surface area contributed by atoms with Crippen LogP contribution in [0.15, 0.2) is 42.5 Å². The van der Waals surface area contributed by atoms with Gasteiger partial charge in [-0.25, -0.2) is 8.42 Å². The van der Waals surface area contributed by atoms with Crippen molar-refractivity contribution in [3.63, 3.8) is 0 Å². The minimum atomic E-state index is -3.31. The van der Waals surface area contributed by atoms with E-state index in [9.17, 15) is 13.2 Å². The molecule has 28 heavy (non-hydrogen) atoms. The summed E-state index contributed by atoms with van der Waals surface area (Å²) in [4.78, 5) is 12.7. The average molecular weight is 403 g/mol. The van der Waals surface area contributed by atoms with Gasteiger partial charge >= 0.3 is 0 Å². The number of hydrogen-bond acceptors (Lipinski definition) is 3. The summed E-state index contributed by atoms with van der Waals surface area (Å²) in [5.41, 5.74) is 4.47. The number of carbonyl (C=O) groups is 1. The van der Waals surface area contributed by atoms with Crippen LogP contribution in [0.1, 0.15) is 42.5 Å². The molecule has 2 aromatic carbocycles. The Morgan fingerprint density at radius 1 is 1.00 bits per heavy atom. The van der Waals surface area contributed by atoms with Gasteiger partial charge in [-0.2, -0.15) is 0 Å². The van der Waals surface area contributed by atoms with Gasteiger partial charge in [-0.1, -0.05) is 30.3 Å². The number of carbonyl (C=O) groups excluding carboxylic acids is 1. The first-order valence-corrected chi connectivity index (χ1v) is 11.3. The number of aryl methyl sites for hydroxylation is 3. The summed E-state index contributed by atoms with van der Waals surface area (Å²) >= 11 is 0. The molecule has 0 heterocycles. The molecule has 2 aromatic rings. The Morgan fingerprint density at radius 2 is 1.64 bits per heavy atom. The summed E-state index contributed by atoms with van der Waals surface area (Å²) in [6.07, 6.45) is 2.91. The number of hydrogen-bond donors (Lipinski definition) is 2. The van der Waals surface area contributed by atoms with Crippen molar-refractivity contribution in [1.82, 2.24) is 5.32 Å². The van der Waals surface area contributed by atoms with Gasteiger partial charge in [-0.05, 0) is 74.9 Å². The third-order valence-corrected chi connectivity index (χ3v) is 5.58. The van der Waals surface area contributed by atoms with E-state index in [0.717, 1.165) is 24.7 Å². The first-order chi connectivity index (χ1) is 13.0. The lowest BCUT2D eigenvalue weighted by atomic mass is 9.83. The third-order valence-electron chi connectivity index (χ3n) is 4.98. The van der Waals surface area contributed by atoms with Gasteiger partial charge in [-0.3, -0.25) is 9.52 Å². The van der Waals surface area contributed by atoms with Crippen LogP contribution in [0.2, 0.25) is 0 Å². The predicted octanol–water partition coefficient (Wildman–Crippen LogP) is 3.70. The molecule has 2 rings (SSSR count). The fourth-order valence-electron chi connectivity index (χ4n) is 2.97. The fourth-order valence-corrected chi connectivity index (χ4v) is 3.54. The van der Waals surface area contributed by atoms with Crippen LogP contribution in [-0.2, 0) is 26.7 Å². The van der Waals surface area contributed by atoms with Crippen molar-refractivity contribution >= 4 is 21.6 Å². The van der Waals surface area contributed by atoms with Crippen LogP contribution in [0.5, 0.6) is 0 Å². The van der Waals surface area contributed by atoms with Gasteiger partial charge in [0.2, 0.25) is 15.9 Å². The van der Waals surface area contributed by atoms with Crippen molar-refractivity contribution in [2.75, 3.05) is 17.5 Å². The normalized spacial score (nSPS) is 11.9. The Hall–Kier alpha value is -2.34. The molecule has 0 spiro atoms. The monoisotopic (exact) mass is 402 g/mol. The molecule has 0 unspecified atom stereocenters. The molecule has 5 nitrogen and oxygen atoms in total. The summed E-state index contributed by atoms with van der Waals surface area (Å²) < 4.78 is 25.0. The quantitative estimate of drug-likeness (QED) is 0.661. The average Bonchev–Trinajstić information content (AvgIpc) is 2.60. The van der Waals surface area contributed by atoms with Crippen LogP contribution in [0, 0.1) is 13.8 Å². The summed E-state index contributed by atoms with van der Waals surface area (Å²) in [6, 6.07) is 13.4. The highest BCUT2D eigenvalue weighted by molar-refractivity contribution is 7.92. The molecule has 6 heteroatoms. The molecule has 1 amide bonds. The van der Waals surface area contributed by atoms with E-state index in [0.29, 0.717) is 12.2 Å². The second-order valence-corrected chi connectivity index (χ2v) is 9.60. The maximum Gasteiger partial charge on any atom is 0.230 e. The van der Waals surface area contributed by atoms with Crippen molar-refractivity contribution in [1.29, 1.82) is 0 Å². The van der Waals surface area contributed by atoms with Crippen LogP contribution < -0.4 is 10.0 Å². The second-order valence-electron chi connectivity index (χ2n) is 7.85. The van der Waals surface area contributed by atoms with E-state index in [1.807, 2.05) is 13.8 Å². The Morgan fingerprint density at radius 3 is 2.21 bits per heavy atom. The Bertz CT molecular complexity index is 933. The van der Waals surface area contributed by atoms with Gasteiger partial charge in [0.1, 0.15) is 0 Å². The lowest BCUT2D eigenvalue weighted by Crippen LogP contribution is -2.40. The Kier molecular flexibility index (Phi) is 6.88.